The fourth-order valence-corrected chi connectivity index (χ4v) is 3.05. The molecule has 2 atom stereocenters. The molecule has 102 valence electrons. The summed E-state index contributed by atoms with van der Waals surface area (Å²) in [7, 11) is 0. The highest BCUT2D eigenvalue weighted by Crippen LogP contribution is 2.32. The van der Waals surface area contributed by atoms with Gasteiger partial charge in [-0.25, -0.2) is 4.39 Å². The minimum Gasteiger partial charge on any atom is -0.382 e. The van der Waals surface area contributed by atoms with Crippen molar-refractivity contribution in [2.75, 3.05) is 5.32 Å². The molecule has 0 amide bonds. The summed E-state index contributed by atoms with van der Waals surface area (Å²) in [5, 5.41) is 12.4. The van der Waals surface area contributed by atoms with E-state index in [1.807, 2.05) is 6.07 Å². The van der Waals surface area contributed by atoms with Crippen molar-refractivity contribution in [2.24, 2.45) is 11.8 Å². The van der Waals surface area contributed by atoms with Crippen LogP contribution in [0.25, 0.3) is 0 Å². The summed E-state index contributed by atoms with van der Waals surface area (Å²) in [6.45, 7) is 4.52. The predicted octanol–water partition coefficient (Wildman–Crippen LogP) is 4.32. The van der Waals surface area contributed by atoms with Crippen LogP contribution in [0.15, 0.2) is 18.2 Å². The average Bonchev–Trinajstić information content (AvgIpc) is 2.41. The Kier molecular flexibility index (Phi) is 4.42. The van der Waals surface area contributed by atoms with Crippen molar-refractivity contribution in [3.8, 4) is 6.07 Å². The molecule has 0 spiro atoms. The number of hydrogen-bond donors (Lipinski definition) is 1. The fraction of sp³-hybridized carbons (Fsp3) is 0.562. The van der Waals surface area contributed by atoms with Crippen molar-refractivity contribution in [2.45, 2.75) is 45.6 Å². The Hall–Kier alpha value is -1.56. The van der Waals surface area contributed by atoms with E-state index in [1.54, 1.807) is 12.1 Å². The van der Waals surface area contributed by atoms with Gasteiger partial charge >= 0.3 is 0 Å². The number of nitriles is 1. The lowest BCUT2D eigenvalue weighted by Gasteiger charge is -2.35. The Bertz CT molecular complexity index is 476. The van der Waals surface area contributed by atoms with E-state index in [1.165, 1.54) is 25.3 Å². The summed E-state index contributed by atoms with van der Waals surface area (Å²) in [6, 6.07) is 7.03. The zero-order valence-corrected chi connectivity index (χ0v) is 11.6. The highest BCUT2D eigenvalue weighted by molar-refractivity contribution is 5.50. The van der Waals surface area contributed by atoms with Gasteiger partial charge in [0.25, 0.3) is 0 Å². The van der Waals surface area contributed by atoms with Gasteiger partial charge in [-0.15, -0.1) is 0 Å². The van der Waals surface area contributed by atoms with Crippen molar-refractivity contribution < 1.29 is 4.39 Å². The standard InChI is InChI=1S/C16H21FN2/c1-11(2)14-5-3-4-6-16(14)19-13-7-8-15(17)12(9-13)10-18/h7-9,11,14,16,19H,3-6H2,1-2H3. The molecule has 1 fully saturated rings. The van der Waals surface area contributed by atoms with E-state index in [2.05, 4.69) is 19.2 Å². The fourth-order valence-electron chi connectivity index (χ4n) is 3.05. The van der Waals surface area contributed by atoms with Gasteiger partial charge in [-0.05, 0) is 42.9 Å². The molecule has 0 bridgehead atoms. The van der Waals surface area contributed by atoms with Gasteiger partial charge in [0, 0.05) is 11.7 Å². The quantitative estimate of drug-likeness (QED) is 0.878. The zero-order chi connectivity index (χ0) is 13.8. The van der Waals surface area contributed by atoms with E-state index in [9.17, 15) is 4.39 Å². The van der Waals surface area contributed by atoms with Crippen LogP contribution in [0, 0.1) is 29.0 Å². The molecule has 0 aromatic heterocycles. The topological polar surface area (TPSA) is 35.8 Å². The summed E-state index contributed by atoms with van der Waals surface area (Å²) in [5.74, 6) is 0.857. The molecule has 1 aliphatic carbocycles. The van der Waals surface area contributed by atoms with E-state index >= 15 is 0 Å². The highest BCUT2D eigenvalue weighted by atomic mass is 19.1. The van der Waals surface area contributed by atoms with Gasteiger partial charge < -0.3 is 5.32 Å². The van der Waals surface area contributed by atoms with Crippen molar-refractivity contribution in [1.29, 1.82) is 5.26 Å². The number of rotatable bonds is 3. The molecular weight excluding hydrogens is 239 g/mol. The molecule has 0 radical (unpaired) electrons. The molecule has 0 heterocycles. The van der Waals surface area contributed by atoms with E-state index in [-0.39, 0.29) is 5.56 Å². The molecule has 0 saturated heterocycles. The summed E-state index contributed by atoms with van der Waals surface area (Å²) in [6.07, 6.45) is 4.95. The Balaban J connectivity index is 2.13. The van der Waals surface area contributed by atoms with Crippen LogP contribution in [0.1, 0.15) is 45.1 Å². The molecule has 1 N–H and O–H groups in total. The Morgan fingerprint density at radius 1 is 1.32 bits per heavy atom. The largest absolute Gasteiger partial charge is 0.382 e. The van der Waals surface area contributed by atoms with E-state index in [0.717, 1.165) is 12.1 Å². The monoisotopic (exact) mass is 260 g/mol. The highest BCUT2D eigenvalue weighted by Gasteiger charge is 2.27. The van der Waals surface area contributed by atoms with Crippen LogP contribution < -0.4 is 5.32 Å². The van der Waals surface area contributed by atoms with E-state index in [4.69, 9.17) is 5.26 Å². The second kappa shape index (κ2) is 6.06. The molecule has 2 nitrogen and oxygen atoms in total. The number of nitrogens with zero attached hydrogens (tertiary/aromatic N) is 1. The molecule has 1 aliphatic rings. The summed E-state index contributed by atoms with van der Waals surface area (Å²) < 4.78 is 13.3. The van der Waals surface area contributed by atoms with Crippen LogP contribution in [0.3, 0.4) is 0 Å². The van der Waals surface area contributed by atoms with Gasteiger partial charge in [0.05, 0.1) is 5.56 Å². The maximum absolute atomic E-state index is 13.3. The van der Waals surface area contributed by atoms with Gasteiger partial charge in [-0.1, -0.05) is 26.7 Å². The molecule has 0 aliphatic heterocycles. The minimum atomic E-state index is -0.447. The molecular formula is C16H21FN2. The average molecular weight is 260 g/mol. The lowest BCUT2D eigenvalue weighted by atomic mass is 9.78. The van der Waals surface area contributed by atoms with Gasteiger partial charge in [0.1, 0.15) is 11.9 Å². The number of anilines is 1. The molecule has 1 aromatic rings. The number of hydrogen-bond acceptors (Lipinski definition) is 2. The maximum atomic E-state index is 13.3. The first kappa shape index (κ1) is 13.9. The van der Waals surface area contributed by atoms with Crippen LogP contribution >= 0.6 is 0 Å². The number of nitrogens with one attached hydrogen (secondary N) is 1. The zero-order valence-electron chi connectivity index (χ0n) is 11.6. The van der Waals surface area contributed by atoms with Crippen molar-refractivity contribution in [3.63, 3.8) is 0 Å². The third kappa shape index (κ3) is 3.26. The first-order valence-electron chi connectivity index (χ1n) is 7.08. The van der Waals surface area contributed by atoms with Crippen LogP contribution in [-0.2, 0) is 0 Å². The number of benzene rings is 1. The normalized spacial score (nSPS) is 23.1. The van der Waals surface area contributed by atoms with Crippen molar-refractivity contribution >= 4 is 5.69 Å². The first-order valence-corrected chi connectivity index (χ1v) is 7.08. The predicted molar refractivity (Wildman–Crippen MR) is 75.3 cm³/mol. The van der Waals surface area contributed by atoms with Gasteiger partial charge in [-0.3, -0.25) is 0 Å². The SMILES string of the molecule is CC(C)C1CCCCC1Nc1ccc(F)c(C#N)c1. The molecule has 2 rings (SSSR count). The second-order valence-electron chi connectivity index (χ2n) is 5.75. The van der Waals surface area contributed by atoms with Gasteiger partial charge in [-0.2, -0.15) is 5.26 Å². The summed E-state index contributed by atoms with van der Waals surface area (Å²) >= 11 is 0. The summed E-state index contributed by atoms with van der Waals surface area (Å²) in [5.41, 5.74) is 0.970. The van der Waals surface area contributed by atoms with Crippen LogP contribution in [0.2, 0.25) is 0 Å². The molecule has 1 aromatic carbocycles. The molecule has 1 saturated carbocycles. The number of halogens is 1. The molecule has 19 heavy (non-hydrogen) atoms. The Labute approximate surface area is 114 Å². The molecule has 3 heteroatoms. The molecule has 2 unspecified atom stereocenters. The minimum absolute atomic E-state index is 0.113. The third-order valence-electron chi connectivity index (χ3n) is 4.11. The Morgan fingerprint density at radius 2 is 2.05 bits per heavy atom. The maximum Gasteiger partial charge on any atom is 0.141 e. The Morgan fingerprint density at radius 3 is 2.74 bits per heavy atom. The first-order chi connectivity index (χ1) is 9.11. The van der Waals surface area contributed by atoms with E-state index < -0.39 is 5.82 Å². The van der Waals surface area contributed by atoms with Crippen LogP contribution in [0.5, 0.6) is 0 Å². The summed E-state index contributed by atoms with van der Waals surface area (Å²) in [4.78, 5) is 0. The van der Waals surface area contributed by atoms with Crippen LogP contribution in [-0.4, -0.2) is 6.04 Å². The van der Waals surface area contributed by atoms with Crippen molar-refractivity contribution in [1.82, 2.24) is 0 Å². The van der Waals surface area contributed by atoms with Gasteiger partial charge in [0.15, 0.2) is 0 Å². The van der Waals surface area contributed by atoms with Gasteiger partial charge in [0.2, 0.25) is 0 Å². The smallest absolute Gasteiger partial charge is 0.141 e. The second-order valence-corrected chi connectivity index (χ2v) is 5.75. The van der Waals surface area contributed by atoms with E-state index in [0.29, 0.717) is 17.9 Å². The van der Waals surface area contributed by atoms with Crippen molar-refractivity contribution in [3.05, 3.63) is 29.6 Å². The lowest BCUT2D eigenvalue weighted by molar-refractivity contribution is 0.254. The lowest BCUT2D eigenvalue weighted by Crippen LogP contribution is -2.35. The van der Waals surface area contributed by atoms with Crippen LogP contribution in [0.4, 0.5) is 10.1 Å². The third-order valence-corrected chi connectivity index (χ3v) is 4.11.